The highest BCUT2D eigenvalue weighted by atomic mass is 16.5. The first-order valence-electron chi connectivity index (χ1n) is 11.6. The lowest BCUT2D eigenvalue weighted by Crippen LogP contribution is -2.38. The molecule has 1 fully saturated rings. The van der Waals surface area contributed by atoms with Crippen LogP contribution in [0.2, 0.25) is 0 Å². The Hall–Kier alpha value is -1.42. The number of Topliss-reactive ketones (excluding diaryl/α,β-unsaturated/α-hetero) is 1. The van der Waals surface area contributed by atoms with Gasteiger partial charge in [-0.1, -0.05) is 45.9 Å². The van der Waals surface area contributed by atoms with Gasteiger partial charge in [0.1, 0.15) is 11.9 Å². The largest absolute Gasteiger partial charge is 0.462 e. The van der Waals surface area contributed by atoms with Crippen molar-refractivity contribution in [1.29, 1.82) is 0 Å². The van der Waals surface area contributed by atoms with Gasteiger partial charge in [-0.25, -0.2) is 0 Å². The van der Waals surface area contributed by atoms with E-state index in [1.165, 1.54) is 5.57 Å². The monoisotopic (exact) mass is 402 g/mol. The van der Waals surface area contributed by atoms with Crippen molar-refractivity contribution in [2.24, 2.45) is 35.5 Å². The molecule has 0 amide bonds. The lowest BCUT2D eigenvalue weighted by Gasteiger charge is -2.44. The Morgan fingerprint density at radius 3 is 2.72 bits per heavy atom. The van der Waals surface area contributed by atoms with Crippen molar-refractivity contribution in [3.63, 3.8) is 0 Å². The molecule has 0 aromatic rings. The minimum absolute atomic E-state index is 0.117. The molecule has 0 aromatic carbocycles. The second-order valence-electron chi connectivity index (χ2n) is 9.81. The van der Waals surface area contributed by atoms with Gasteiger partial charge in [0, 0.05) is 18.8 Å². The van der Waals surface area contributed by atoms with Crippen LogP contribution in [0.5, 0.6) is 0 Å². The molecular formula is C25H38O4. The number of aliphatic hydroxyl groups excluding tert-OH is 1. The van der Waals surface area contributed by atoms with Gasteiger partial charge in [-0.15, -0.1) is 0 Å². The van der Waals surface area contributed by atoms with Crippen molar-refractivity contribution in [2.75, 3.05) is 0 Å². The number of hydrogen-bond acceptors (Lipinski definition) is 4. The van der Waals surface area contributed by atoms with E-state index in [0.717, 1.165) is 25.7 Å². The smallest absolute Gasteiger partial charge is 0.308 e. The molecule has 1 heterocycles. The zero-order chi connectivity index (χ0) is 21.1. The third-order valence-corrected chi connectivity index (χ3v) is 7.46. The highest BCUT2D eigenvalue weighted by Crippen LogP contribution is 2.48. The van der Waals surface area contributed by atoms with Crippen LogP contribution < -0.4 is 0 Å². The van der Waals surface area contributed by atoms with E-state index >= 15 is 0 Å². The maximum Gasteiger partial charge on any atom is 0.308 e. The van der Waals surface area contributed by atoms with Gasteiger partial charge in [0.25, 0.3) is 0 Å². The Labute approximate surface area is 175 Å². The average Bonchev–Trinajstić information content (AvgIpc) is 2.65. The molecule has 4 heteroatoms. The fourth-order valence-corrected chi connectivity index (χ4v) is 5.66. The van der Waals surface area contributed by atoms with Crippen LogP contribution in [0.4, 0.5) is 0 Å². The number of cyclic esters (lactones) is 1. The quantitative estimate of drug-likeness (QED) is 0.618. The molecule has 0 spiro atoms. The molecule has 1 saturated heterocycles. The highest BCUT2D eigenvalue weighted by molar-refractivity contribution is 5.81. The topological polar surface area (TPSA) is 63.6 Å². The molecule has 0 saturated carbocycles. The van der Waals surface area contributed by atoms with Crippen LogP contribution in [0.1, 0.15) is 72.6 Å². The third kappa shape index (κ3) is 5.39. The van der Waals surface area contributed by atoms with Crippen molar-refractivity contribution in [1.82, 2.24) is 0 Å². The van der Waals surface area contributed by atoms with Crippen LogP contribution in [-0.4, -0.2) is 29.1 Å². The molecule has 3 aliphatic rings. The fourth-order valence-electron chi connectivity index (χ4n) is 5.66. The summed E-state index contributed by atoms with van der Waals surface area (Å²) in [6.07, 6.45) is 11.3. The summed E-state index contributed by atoms with van der Waals surface area (Å²) in [4.78, 5) is 24.5. The Kier molecular flexibility index (Phi) is 7.37. The van der Waals surface area contributed by atoms with Crippen LogP contribution >= 0.6 is 0 Å². The molecule has 1 unspecified atom stereocenters. The Balaban J connectivity index is 1.74. The van der Waals surface area contributed by atoms with Crippen molar-refractivity contribution >= 4 is 11.8 Å². The van der Waals surface area contributed by atoms with E-state index in [2.05, 4.69) is 45.9 Å². The van der Waals surface area contributed by atoms with Gasteiger partial charge in [-0.05, 0) is 60.8 Å². The predicted molar refractivity (Wildman–Crippen MR) is 114 cm³/mol. The molecular weight excluding hydrogens is 364 g/mol. The summed E-state index contributed by atoms with van der Waals surface area (Å²) in [5.41, 5.74) is 1.40. The Morgan fingerprint density at radius 2 is 2.03 bits per heavy atom. The number of fused-ring (bicyclic) bond motifs is 1. The summed E-state index contributed by atoms with van der Waals surface area (Å²) in [6.45, 7) is 8.67. The minimum Gasteiger partial charge on any atom is -0.462 e. The fraction of sp³-hybridized carbons (Fsp3) is 0.760. The van der Waals surface area contributed by atoms with Crippen LogP contribution in [0.25, 0.3) is 0 Å². The summed E-state index contributed by atoms with van der Waals surface area (Å²) in [5.74, 6) is 2.45. The summed E-state index contributed by atoms with van der Waals surface area (Å²) >= 11 is 0. The van der Waals surface area contributed by atoms with Gasteiger partial charge in [-0.3, -0.25) is 9.59 Å². The lowest BCUT2D eigenvalue weighted by molar-refractivity contribution is -0.160. The van der Waals surface area contributed by atoms with E-state index in [1.807, 2.05) is 0 Å². The van der Waals surface area contributed by atoms with Crippen molar-refractivity contribution in [3.8, 4) is 0 Å². The standard InChI is InChI=1S/C25H38O4/c1-5-16(3)23(27)12-19-11-15(2)10-18-7-6-17(4)22(25(18)19)9-8-21-13-20(26)14-24(28)29-21/h6-7,10,15-17,19-22,25-26H,5,8-9,11-14H2,1-4H3/t15-,16-,17-,19+,20+,21?,22-,25+/m0/s1. The zero-order valence-electron chi connectivity index (χ0n) is 18.5. The van der Waals surface area contributed by atoms with Gasteiger partial charge in [0.15, 0.2) is 0 Å². The van der Waals surface area contributed by atoms with Gasteiger partial charge in [0.05, 0.1) is 12.5 Å². The number of hydrogen-bond donors (Lipinski definition) is 1. The maximum absolute atomic E-state index is 12.8. The van der Waals surface area contributed by atoms with E-state index in [1.54, 1.807) is 0 Å². The summed E-state index contributed by atoms with van der Waals surface area (Å²) in [5, 5.41) is 9.91. The normalized spacial score (nSPS) is 38.0. The summed E-state index contributed by atoms with van der Waals surface area (Å²) < 4.78 is 5.49. The van der Waals surface area contributed by atoms with Crippen molar-refractivity contribution in [3.05, 3.63) is 23.8 Å². The van der Waals surface area contributed by atoms with Crippen molar-refractivity contribution in [2.45, 2.75) is 84.8 Å². The van der Waals surface area contributed by atoms with Crippen molar-refractivity contribution < 1.29 is 19.4 Å². The summed E-state index contributed by atoms with van der Waals surface area (Å²) in [6, 6.07) is 0. The second kappa shape index (κ2) is 9.59. The minimum atomic E-state index is -0.572. The Morgan fingerprint density at radius 1 is 1.28 bits per heavy atom. The number of carbonyl (C=O) groups excluding carboxylic acids is 2. The first-order valence-corrected chi connectivity index (χ1v) is 11.6. The van der Waals surface area contributed by atoms with E-state index in [-0.39, 0.29) is 24.4 Å². The molecule has 1 N–H and O–H groups in total. The van der Waals surface area contributed by atoms with E-state index in [4.69, 9.17) is 4.74 Å². The van der Waals surface area contributed by atoms with Gasteiger partial charge in [0.2, 0.25) is 0 Å². The number of allylic oxidation sites excluding steroid dienone is 4. The Bertz CT molecular complexity index is 664. The second-order valence-corrected chi connectivity index (χ2v) is 9.81. The molecule has 2 aliphatic carbocycles. The van der Waals surface area contributed by atoms with Crippen LogP contribution in [0.3, 0.4) is 0 Å². The number of aliphatic hydroxyl groups is 1. The molecule has 0 radical (unpaired) electrons. The van der Waals surface area contributed by atoms with E-state index in [9.17, 15) is 14.7 Å². The number of rotatable bonds is 7. The maximum atomic E-state index is 12.8. The number of carbonyl (C=O) groups is 2. The van der Waals surface area contributed by atoms with Crippen LogP contribution in [0.15, 0.2) is 23.8 Å². The highest BCUT2D eigenvalue weighted by Gasteiger charge is 2.40. The van der Waals surface area contributed by atoms with Crippen LogP contribution in [-0.2, 0) is 14.3 Å². The molecule has 4 nitrogen and oxygen atoms in total. The molecule has 1 aliphatic heterocycles. The average molecular weight is 403 g/mol. The number of ketones is 1. The van der Waals surface area contributed by atoms with Gasteiger partial charge in [-0.2, -0.15) is 0 Å². The van der Waals surface area contributed by atoms with Gasteiger partial charge < -0.3 is 9.84 Å². The van der Waals surface area contributed by atoms with E-state index < -0.39 is 6.10 Å². The molecule has 0 bridgehead atoms. The molecule has 8 atom stereocenters. The first kappa shape index (κ1) is 22.3. The van der Waals surface area contributed by atoms with Crippen LogP contribution in [0, 0.1) is 35.5 Å². The predicted octanol–water partition coefficient (Wildman–Crippen LogP) is 4.86. The number of esters is 1. The first-order chi connectivity index (χ1) is 13.8. The van der Waals surface area contributed by atoms with E-state index in [0.29, 0.717) is 48.2 Å². The van der Waals surface area contributed by atoms with Gasteiger partial charge >= 0.3 is 5.97 Å². The molecule has 29 heavy (non-hydrogen) atoms. The lowest BCUT2D eigenvalue weighted by atomic mass is 9.61. The SMILES string of the molecule is CC[C@H](C)C(=O)C[C@H]1C[C@@H](C)C=C2C=C[C@H](C)[C@H](CCC3C[C@@H](O)CC(=O)O3)[C@H]21. The molecule has 3 rings (SSSR count). The third-order valence-electron chi connectivity index (χ3n) is 7.46. The summed E-state index contributed by atoms with van der Waals surface area (Å²) in [7, 11) is 0. The molecule has 162 valence electrons. The zero-order valence-corrected chi connectivity index (χ0v) is 18.5. The molecule has 0 aromatic heterocycles. The number of ether oxygens (including phenoxy) is 1.